The molecule has 0 spiro atoms. The van der Waals surface area contributed by atoms with Crippen molar-refractivity contribution in [3.8, 4) is 0 Å². The van der Waals surface area contributed by atoms with Gasteiger partial charge in [-0.15, -0.1) is 0 Å². The van der Waals surface area contributed by atoms with Crippen LogP contribution in [0.3, 0.4) is 0 Å². The Morgan fingerprint density at radius 2 is 0.951 bits per heavy atom. The molecule has 0 bridgehead atoms. The number of esters is 1. The number of amides is 1. The van der Waals surface area contributed by atoms with E-state index in [1.807, 2.05) is 18.2 Å². The lowest BCUT2D eigenvalue weighted by Gasteiger charge is -2.24. The fourth-order valence-corrected chi connectivity index (χ4v) is 7.21. The van der Waals surface area contributed by atoms with E-state index in [4.69, 9.17) is 4.74 Å². The molecule has 0 saturated carbocycles. The lowest BCUT2D eigenvalue weighted by molar-refractivity contribution is -0.151. The van der Waals surface area contributed by atoms with E-state index in [9.17, 15) is 19.8 Å². The third kappa shape index (κ3) is 43.5. The molecule has 0 aromatic heterocycles. The van der Waals surface area contributed by atoms with Crippen molar-refractivity contribution in [2.45, 2.75) is 244 Å². The Morgan fingerprint density at radius 3 is 1.52 bits per heavy atom. The van der Waals surface area contributed by atoms with Gasteiger partial charge in [0.25, 0.3) is 0 Å². The molecule has 0 aliphatic heterocycles. The van der Waals surface area contributed by atoms with Gasteiger partial charge in [-0.25, -0.2) is 0 Å². The van der Waals surface area contributed by atoms with E-state index in [-0.39, 0.29) is 24.9 Å². The van der Waals surface area contributed by atoms with Crippen LogP contribution in [0.1, 0.15) is 226 Å². The molecule has 0 radical (unpaired) electrons. The molecule has 0 aliphatic carbocycles. The maximum Gasteiger partial charge on any atom is 0.306 e. The molecule has 0 aliphatic rings. The predicted octanol–water partition coefficient (Wildman–Crippen LogP) is 15.2. The minimum atomic E-state index is -0.801. The molecule has 3 unspecified atom stereocenters. The minimum absolute atomic E-state index is 0.0486. The number of allylic oxidation sites excluding steroid dienone is 14. The van der Waals surface area contributed by atoms with Crippen LogP contribution < -0.4 is 5.32 Å². The second-order valence-corrected chi connectivity index (χ2v) is 16.9. The number of unbranched alkanes of at least 4 members (excludes halogenated alkanes) is 21. The number of hydrogen-bond donors (Lipinski definition) is 3. The molecule has 61 heavy (non-hydrogen) atoms. The molecule has 0 rings (SSSR count). The SMILES string of the molecule is CC/C=C/C=C/C=C/C=C\CCCCCCCC(=O)OC(CCCCCC/C=C\C/C=C\C/C=C\CCCCC)CC(=O)NC(CO)C(O)CCCCCCCCCCCC. The van der Waals surface area contributed by atoms with E-state index in [0.29, 0.717) is 19.3 Å². The Labute approximate surface area is 376 Å². The van der Waals surface area contributed by atoms with Gasteiger partial charge >= 0.3 is 5.97 Å². The molecule has 6 heteroatoms. The van der Waals surface area contributed by atoms with Crippen LogP contribution >= 0.6 is 0 Å². The number of nitrogens with one attached hydrogen (secondary N) is 1. The van der Waals surface area contributed by atoms with Gasteiger partial charge in [-0.1, -0.05) is 215 Å². The van der Waals surface area contributed by atoms with Crippen molar-refractivity contribution in [2.24, 2.45) is 0 Å². The first kappa shape index (κ1) is 58.0. The molecular formula is C55H95NO5. The number of rotatable bonds is 44. The highest BCUT2D eigenvalue weighted by Gasteiger charge is 2.24. The Kier molecular flexibility index (Phi) is 45.7. The van der Waals surface area contributed by atoms with E-state index in [1.54, 1.807) is 0 Å². The van der Waals surface area contributed by atoms with E-state index in [0.717, 1.165) is 109 Å². The van der Waals surface area contributed by atoms with Crippen molar-refractivity contribution in [3.05, 3.63) is 85.1 Å². The summed E-state index contributed by atoms with van der Waals surface area (Å²) in [5, 5.41) is 23.7. The van der Waals surface area contributed by atoms with Crippen LogP contribution in [-0.2, 0) is 14.3 Å². The van der Waals surface area contributed by atoms with Gasteiger partial charge in [0.15, 0.2) is 0 Å². The maximum atomic E-state index is 13.2. The number of carbonyl (C=O) groups excluding carboxylic acids is 2. The van der Waals surface area contributed by atoms with Gasteiger partial charge in [-0.2, -0.15) is 0 Å². The Balaban J connectivity index is 4.71. The molecule has 6 nitrogen and oxygen atoms in total. The molecule has 0 aromatic carbocycles. The molecule has 0 aromatic rings. The number of hydrogen-bond acceptors (Lipinski definition) is 5. The average Bonchev–Trinajstić information content (AvgIpc) is 3.25. The second-order valence-electron chi connectivity index (χ2n) is 16.9. The lowest BCUT2D eigenvalue weighted by atomic mass is 10.0. The van der Waals surface area contributed by atoms with Crippen LogP contribution in [0.2, 0.25) is 0 Å². The lowest BCUT2D eigenvalue weighted by Crippen LogP contribution is -2.46. The zero-order valence-corrected chi connectivity index (χ0v) is 39.8. The summed E-state index contributed by atoms with van der Waals surface area (Å²) in [6, 6.07) is -0.717. The molecule has 1 amide bonds. The zero-order chi connectivity index (χ0) is 44.5. The molecule has 350 valence electrons. The van der Waals surface area contributed by atoms with Crippen molar-refractivity contribution in [1.82, 2.24) is 5.32 Å². The summed E-state index contributed by atoms with van der Waals surface area (Å²) in [6.07, 6.45) is 62.1. The Morgan fingerprint density at radius 1 is 0.508 bits per heavy atom. The van der Waals surface area contributed by atoms with E-state index in [2.05, 4.69) is 92.9 Å². The van der Waals surface area contributed by atoms with Gasteiger partial charge in [-0.3, -0.25) is 9.59 Å². The van der Waals surface area contributed by atoms with Crippen LogP contribution in [0.4, 0.5) is 0 Å². The predicted molar refractivity (Wildman–Crippen MR) is 264 cm³/mol. The summed E-state index contributed by atoms with van der Waals surface area (Å²) < 4.78 is 5.91. The van der Waals surface area contributed by atoms with E-state index in [1.165, 1.54) is 70.6 Å². The summed E-state index contributed by atoms with van der Waals surface area (Å²) in [7, 11) is 0. The number of aliphatic hydroxyl groups is 2. The third-order valence-corrected chi connectivity index (χ3v) is 11.1. The summed E-state index contributed by atoms with van der Waals surface area (Å²) in [4.78, 5) is 26.1. The standard InChI is InChI=1S/C55H95NO5/c1-4-7-10-13-16-19-22-24-26-27-29-30-32-34-37-40-43-46-51(61-55(60)48-45-42-39-36-33-31-28-25-23-20-17-14-11-8-5-2)49-54(59)56-52(50-57)53(58)47-44-41-38-35-21-18-15-12-9-6-3/h8,11,14,16-17,19-20,23-26,28-30,51-53,57-58H,4-7,9-10,12-13,15,18,21-22,27,31-50H2,1-3H3,(H,56,59)/b11-8+,17-14+,19-16-,23-20+,26-24-,28-25-,30-29-. The van der Waals surface area contributed by atoms with Crippen molar-refractivity contribution in [3.63, 3.8) is 0 Å². The number of ether oxygens (including phenoxy) is 1. The van der Waals surface area contributed by atoms with Crippen LogP contribution in [-0.4, -0.2) is 46.9 Å². The van der Waals surface area contributed by atoms with Crippen LogP contribution in [0.15, 0.2) is 85.1 Å². The Bertz CT molecular complexity index is 1180. The average molecular weight is 850 g/mol. The summed E-state index contributed by atoms with van der Waals surface area (Å²) in [6.45, 7) is 6.29. The minimum Gasteiger partial charge on any atom is -0.462 e. The summed E-state index contributed by atoms with van der Waals surface area (Å²) in [5.41, 5.74) is 0. The zero-order valence-electron chi connectivity index (χ0n) is 39.8. The molecule has 0 saturated heterocycles. The molecule has 3 N–H and O–H groups in total. The number of carbonyl (C=O) groups is 2. The summed E-state index contributed by atoms with van der Waals surface area (Å²) in [5.74, 6) is -0.528. The van der Waals surface area contributed by atoms with Gasteiger partial charge < -0.3 is 20.3 Å². The quantitative estimate of drug-likeness (QED) is 0.0246. The van der Waals surface area contributed by atoms with Crippen LogP contribution in [0.25, 0.3) is 0 Å². The first-order valence-electron chi connectivity index (χ1n) is 25.4. The largest absolute Gasteiger partial charge is 0.462 e. The highest BCUT2D eigenvalue weighted by atomic mass is 16.5. The molecule has 0 heterocycles. The highest BCUT2D eigenvalue weighted by Crippen LogP contribution is 2.17. The van der Waals surface area contributed by atoms with E-state index < -0.39 is 18.2 Å². The van der Waals surface area contributed by atoms with Crippen LogP contribution in [0, 0.1) is 0 Å². The van der Waals surface area contributed by atoms with Crippen LogP contribution in [0.5, 0.6) is 0 Å². The van der Waals surface area contributed by atoms with Crippen molar-refractivity contribution < 1.29 is 24.5 Å². The number of aliphatic hydroxyl groups excluding tert-OH is 2. The van der Waals surface area contributed by atoms with E-state index >= 15 is 0 Å². The van der Waals surface area contributed by atoms with Gasteiger partial charge in [-0.05, 0) is 83.5 Å². The van der Waals surface area contributed by atoms with Gasteiger partial charge in [0, 0.05) is 6.42 Å². The first-order chi connectivity index (χ1) is 30.0. The van der Waals surface area contributed by atoms with Gasteiger partial charge in [0.05, 0.1) is 25.2 Å². The second kappa shape index (κ2) is 48.1. The maximum absolute atomic E-state index is 13.2. The monoisotopic (exact) mass is 850 g/mol. The van der Waals surface area contributed by atoms with Gasteiger partial charge in [0.1, 0.15) is 6.10 Å². The third-order valence-electron chi connectivity index (χ3n) is 11.1. The molecule has 0 fully saturated rings. The van der Waals surface area contributed by atoms with Gasteiger partial charge in [0.2, 0.25) is 5.91 Å². The van der Waals surface area contributed by atoms with Crippen molar-refractivity contribution >= 4 is 11.9 Å². The van der Waals surface area contributed by atoms with Crippen molar-refractivity contribution in [1.29, 1.82) is 0 Å². The molecular weight excluding hydrogens is 755 g/mol. The first-order valence-corrected chi connectivity index (χ1v) is 25.4. The fraction of sp³-hybridized carbons (Fsp3) is 0.709. The fourth-order valence-electron chi connectivity index (χ4n) is 7.21. The Hall–Kier alpha value is -2.96. The topological polar surface area (TPSA) is 95.9 Å². The summed E-state index contributed by atoms with van der Waals surface area (Å²) >= 11 is 0. The van der Waals surface area contributed by atoms with Crippen molar-refractivity contribution in [2.75, 3.05) is 6.61 Å². The molecule has 3 atom stereocenters. The normalized spacial score (nSPS) is 14.0. The highest BCUT2D eigenvalue weighted by molar-refractivity contribution is 5.77. The smallest absolute Gasteiger partial charge is 0.306 e.